The molecule has 162 valence electrons. The van der Waals surface area contributed by atoms with Crippen molar-refractivity contribution in [3.8, 4) is 17.1 Å². The van der Waals surface area contributed by atoms with Gasteiger partial charge in [0.25, 0.3) is 0 Å². The number of carbonyl (C=O) groups excluding carboxylic acids is 1. The summed E-state index contributed by atoms with van der Waals surface area (Å²) >= 11 is 0. The van der Waals surface area contributed by atoms with Crippen LogP contribution in [0.1, 0.15) is 50.0 Å². The molecule has 0 spiro atoms. The highest BCUT2D eigenvalue weighted by Gasteiger charge is 2.27. The lowest BCUT2D eigenvalue weighted by Gasteiger charge is -2.30. The number of anilines is 1. The highest BCUT2D eigenvalue weighted by atomic mass is 16.5. The van der Waals surface area contributed by atoms with Gasteiger partial charge in [0.2, 0.25) is 11.7 Å². The number of rotatable bonds is 5. The first-order valence-electron chi connectivity index (χ1n) is 10.7. The maximum atomic E-state index is 12.6. The second kappa shape index (κ2) is 9.20. The number of nitrogens with one attached hydrogen (secondary N) is 1. The number of hydrogen-bond donors (Lipinski definition) is 1. The molecule has 0 radical (unpaired) electrons. The quantitative estimate of drug-likeness (QED) is 0.607. The Labute approximate surface area is 182 Å². The van der Waals surface area contributed by atoms with Gasteiger partial charge in [0.1, 0.15) is 5.75 Å². The van der Waals surface area contributed by atoms with Gasteiger partial charge in [-0.3, -0.25) is 0 Å². The molecule has 0 atom stereocenters. The normalized spacial score (nSPS) is 14.6. The molecular weight excluding hydrogens is 392 g/mol. The van der Waals surface area contributed by atoms with Gasteiger partial charge in [0.05, 0.1) is 7.11 Å². The van der Waals surface area contributed by atoms with Crippen LogP contribution in [0.4, 0.5) is 10.5 Å². The molecule has 3 aromatic rings. The Bertz CT molecular complexity index is 1020. The minimum absolute atomic E-state index is 0.0710. The van der Waals surface area contributed by atoms with Crippen LogP contribution >= 0.6 is 0 Å². The number of ether oxygens (including phenoxy) is 1. The second-order valence-electron chi connectivity index (χ2n) is 8.16. The second-order valence-corrected chi connectivity index (χ2v) is 8.16. The number of aromatic nitrogens is 2. The van der Waals surface area contributed by atoms with E-state index in [9.17, 15) is 4.79 Å². The molecular formula is C24H28N4O3. The zero-order chi connectivity index (χ0) is 21.8. The molecule has 1 saturated heterocycles. The van der Waals surface area contributed by atoms with E-state index in [2.05, 4.69) is 41.4 Å². The van der Waals surface area contributed by atoms with Gasteiger partial charge in [-0.15, -0.1) is 0 Å². The summed E-state index contributed by atoms with van der Waals surface area (Å²) in [4.78, 5) is 19.1. The molecule has 0 unspecified atom stereocenters. The summed E-state index contributed by atoms with van der Waals surface area (Å²) in [5, 5.41) is 7.12. The van der Waals surface area contributed by atoms with Crippen LogP contribution in [0.25, 0.3) is 11.4 Å². The molecule has 1 aliphatic heterocycles. The van der Waals surface area contributed by atoms with E-state index in [4.69, 9.17) is 9.26 Å². The standard InChI is InChI=1S/C24H28N4O3/c1-16(2)17-7-9-20(10-8-17)25-24(29)28-13-11-18(12-14-28)23-26-22(27-31-23)19-5-4-6-21(15-19)30-3/h4-10,15-16,18H,11-14H2,1-3H3,(H,25,29). The number of nitrogens with zero attached hydrogens (tertiary/aromatic N) is 3. The summed E-state index contributed by atoms with van der Waals surface area (Å²) < 4.78 is 10.8. The van der Waals surface area contributed by atoms with Gasteiger partial charge in [-0.25, -0.2) is 4.79 Å². The SMILES string of the molecule is COc1cccc(-c2noc(C3CCN(C(=O)Nc4ccc(C(C)C)cc4)CC3)n2)c1. The molecule has 1 aliphatic rings. The molecule has 31 heavy (non-hydrogen) atoms. The fourth-order valence-electron chi connectivity index (χ4n) is 3.76. The van der Waals surface area contributed by atoms with Gasteiger partial charge in [-0.2, -0.15) is 4.98 Å². The van der Waals surface area contributed by atoms with Crippen LogP contribution in [-0.4, -0.2) is 41.3 Å². The Kier molecular flexibility index (Phi) is 6.21. The maximum absolute atomic E-state index is 12.6. The molecule has 0 saturated carbocycles. The molecule has 2 aromatic carbocycles. The van der Waals surface area contributed by atoms with Crippen LogP contribution in [0.3, 0.4) is 0 Å². The van der Waals surface area contributed by atoms with Gasteiger partial charge < -0.3 is 19.5 Å². The number of amides is 2. The van der Waals surface area contributed by atoms with Crippen molar-refractivity contribution in [1.29, 1.82) is 0 Å². The molecule has 2 amide bonds. The largest absolute Gasteiger partial charge is 0.497 e. The van der Waals surface area contributed by atoms with E-state index in [1.54, 1.807) is 7.11 Å². The Morgan fingerprint density at radius 1 is 1.16 bits per heavy atom. The van der Waals surface area contributed by atoms with E-state index in [1.165, 1.54) is 5.56 Å². The molecule has 1 fully saturated rings. The molecule has 1 aromatic heterocycles. The number of benzene rings is 2. The number of likely N-dealkylation sites (tertiary alicyclic amines) is 1. The molecule has 7 heteroatoms. The van der Waals surface area contributed by atoms with Gasteiger partial charge in [-0.05, 0) is 48.6 Å². The summed E-state index contributed by atoms with van der Waals surface area (Å²) in [7, 11) is 1.63. The Morgan fingerprint density at radius 2 is 1.90 bits per heavy atom. The lowest BCUT2D eigenvalue weighted by atomic mass is 9.97. The van der Waals surface area contributed by atoms with E-state index in [0.717, 1.165) is 29.8 Å². The average molecular weight is 421 g/mol. The predicted octanol–water partition coefficient (Wildman–Crippen LogP) is 5.28. The fraction of sp³-hybridized carbons (Fsp3) is 0.375. The zero-order valence-electron chi connectivity index (χ0n) is 18.2. The summed E-state index contributed by atoms with van der Waals surface area (Å²) in [5.41, 5.74) is 2.93. The monoisotopic (exact) mass is 420 g/mol. The average Bonchev–Trinajstić information content (AvgIpc) is 3.30. The van der Waals surface area contributed by atoms with E-state index >= 15 is 0 Å². The molecule has 4 rings (SSSR count). The lowest BCUT2D eigenvalue weighted by Crippen LogP contribution is -2.40. The maximum Gasteiger partial charge on any atom is 0.321 e. The fourth-order valence-corrected chi connectivity index (χ4v) is 3.76. The number of urea groups is 1. The topological polar surface area (TPSA) is 80.5 Å². The highest BCUT2D eigenvalue weighted by Crippen LogP contribution is 2.29. The first-order chi connectivity index (χ1) is 15.0. The molecule has 1 N–H and O–H groups in total. The van der Waals surface area contributed by atoms with Gasteiger partial charge >= 0.3 is 6.03 Å². The van der Waals surface area contributed by atoms with E-state index in [1.807, 2.05) is 41.3 Å². The van der Waals surface area contributed by atoms with Crippen molar-refractivity contribution >= 4 is 11.7 Å². The minimum Gasteiger partial charge on any atom is -0.497 e. The Morgan fingerprint density at radius 3 is 2.58 bits per heavy atom. The molecule has 2 heterocycles. The van der Waals surface area contributed by atoms with Crippen molar-refractivity contribution in [3.63, 3.8) is 0 Å². The van der Waals surface area contributed by atoms with Gasteiger partial charge in [0, 0.05) is 30.3 Å². The number of carbonyl (C=O) groups is 1. The van der Waals surface area contributed by atoms with E-state index in [0.29, 0.717) is 30.7 Å². The smallest absolute Gasteiger partial charge is 0.321 e. The van der Waals surface area contributed by atoms with Crippen LogP contribution < -0.4 is 10.1 Å². The van der Waals surface area contributed by atoms with Crippen LogP contribution in [0, 0.1) is 0 Å². The predicted molar refractivity (Wildman–Crippen MR) is 119 cm³/mol. The van der Waals surface area contributed by atoms with E-state index < -0.39 is 0 Å². The first kappa shape index (κ1) is 20.9. The third-order valence-electron chi connectivity index (χ3n) is 5.73. The van der Waals surface area contributed by atoms with E-state index in [-0.39, 0.29) is 11.9 Å². The summed E-state index contributed by atoms with van der Waals surface area (Å²) in [5.74, 6) is 2.56. The van der Waals surface area contributed by atoms with Crippen molar-refractivity contribution in [2.24, 2.45) is 0 Å². The lowest BCUT2D eigenvalue weighted by molar-refractivity contribution is 0.187. The summed E-state index contributed by atoms with van der Waals surface area (Å²) in [6.07, 6.45) is 1.58. The molecule has 7 nitrogen and oxygen atoms in total. The molecule has 0 aliphatic carbocycles. The van der Waals surface area contributed by atoms with Crippen molar-refractivity contribution in [2.75, 3.05) is 25.5 Å². The van der Waals surface area contributed by atoms with Crippen LogP contribution in [-0.2, 0) is 0 Å². The van der Waals surface area contributed by atoms with Crippen molar-refractivity contribution in [2.45, 2.75) is 38.5 Å². The van der Waals surface area contributed by atoms with Gasteiger partial charge in [0.15, 0.2) is 0 Å². The Balaban J connectivity index is 1.33. The first-order valence-corrected chi connectivity index (χ1v) is 10.7. The molecule has 0 bridgehead atoms. The minimum atomic E-state index is -0.0710. The van der Waals surface area contributed by atoms with Crippen molar-refractivity contribution in [1.82, 2.24) is 15.0 Å². The summed E-state index contributed by atoms with van der Waals surface area (Å²) in [6.45, 7) is 5.61. The number of methoxy groups -OCH3 is 1. The van der Waals surface area contributed by atoms with Crippen molar-refractivity contribution in [3.05, 3.63) is 60.0 Å². The third-order valence-corrected chi connectivity index (χ3v) is 5.73. The summed E-state index contributed by atoms with van der Waals surface area (Å²) in [6, 6.07) is 15.5. The van der Waals surface area contributed by atoms with Crippen LogP contribution in [0.2, 0.25) is 0 Å². The number of piperidine rings is 1. The third kappa shape index (κ3) is 4.87. The highest BCUT2D eigenvalue weighted by molar-refractivity contribution is 5.89. The Hall–Kier alpha value is -3.35. The van der Waals surface area contributed by atoms with Gasteiger partial charge in [-0.1, -0.05) is 43.3 Å². The number of hydrogen-bond acceptors (Lipinski definition) is 5. The van der Waals surface area contributed by atoms with Crippen LogP contribution in [0.5, 0.6) is 5.75 Å². The van der Waals surface area contributed by atoms with Crippen LogP contribution in [0.15, 0.2) is 53.1 Å². The van der Waals surface area contributed by atoms with Crippen molar-refractivity contribution < 1.29 is 14.1 Å². The zero-order valence-corrected chi connectivity index (χ0v) is 18.2.